The van der Waals surface area contributed by atoms with E-state index in [1.165, 1.54) is 24.5 Å². The molecule has 1 aliphatic heterocycles. The van der Waals surface area contributed by atoms with Crippen LogP contribution < -0.4 is 4.90 Å². The van der Waals surface area contributed by atoms with Gasteiger partial charge in [0.05, 0.1) is 40.1 Å². The van der Waals surface area contributed by atoms with Gasteiger partial charge in [-0.2, -0.15) is 0 Å². The minimum Gasteiger partial charge on any atom is -0.465 e. The van der Waals surface area contributed by atoms with Gasteiger partial charge in [0.15, 0.2) is 10.9 Å². The highest BCUT2D eigenvalue weighted by Gasteiger charge is 2.42. The van der Waals surface area contributed by atoms with Crippen LogP contribution in [-0.4, -0.2) is 42.4 Å². The average molecular weight is 605 g/mol. The Bertz CT molecular complexity index is 1550. The Morgan fingerprint density at radius 1 is 1.20 bits per heavy atom. The molecule has 1 aliphatic carbocycles. The number of nitrogens with zero attached hydrogens (tertiary/aromatic N) is 3. The van der Waals surface area contributed by atoms with E-state index >= 15 is 0 Å². The zero-order chi connectivity index (χ0) is 28.1. The van der Waals surface area contributed by atoms with Crippen LogP contribution in [0.3, 0.4) is 0 Å². The van der Waals surface area contributed by atoms with Crippen molar-refractivity contribution in [2.75, 3.05) is 25.1 Å². The Hall–Kier alpha value is -2.72. The molecule has 0 bridgehead atoms. The first-order chi connectivity index (χ1) is 19.2. The van der Waals surface area contributed by atoms with E-state index in [4.69, 9.17) is 37.2 Å². The smallest absolute Gasteiger partial charge is 0.338 e. The lowest BCUT2D eigenvalue weighted by Gasteiger charge is -2.19. The highest BCUT2D eigenvalue weighted by Crippen LogP contribution is 2.44. The number of halogens is 3. The third-order valence-corrected chi connectivity index (χ3v) is 9.54. The quantitative estimate of drug-likeness (QED) is 0.200. The molecule has 0 radical (unpaired) electrons. The third-order valence-electron chi connectivity index (χ3n) is 7.84. The number of carbonyl (C=O) groups is 1. The van der Waals surface area contributed by atoms with Gasteiger partial charge >= 0.3 is 5.97 Å². The molecular weight excluding hydrogens is 576 g/mol. The number of methoxy groups -OCH3 is 1. The molecule has 11 heteroatoms. The van der Waals surface area contributed by atoms with Crippen molar-refractivity contribution in [3.63, 3.8) is 0 Å². The van der Waals surface area contributed by atoms with Crippen LogP contribution in [0, 0.1) is 17.7 Å². The molecule has 1 saturated carbocycles. The fourth-order valence-corrected chi connectivity index (χ4v) is 7.54. The Kier molecular flexibility index (Phi) is 7.50. The largest absolute Gasteiger partial charge is 0.465 e. The molecular formula is C29H28Cl2FN3O4S. The monoisotopic (exact) mass is 603 g/mol. The first-order valence-corrected chi connectivity index (χ1v) is 14.8. The molecule has 2 aromatic carbocycles. The van der Waals surface area contributed by atoms with E-state index in [9.17, 15) is 9.18 Å². The van der Waals surface area contributed by atoms with Crippen LogP contribution >= 0.6 is 34.5 Å². The Labute approximate surface area is 245 Å². The molecule has 6 rings (SSSR count). The van der Waals surface area contributed by atoms with Crippen molar-refractivity contribution in [2.24, 2.45) is 11.8 Å². The first kappa shape index (κ1) is 27.4. The van der Waals surface area contributed by atoms with Crippen LogP contribution in [0.2, 0.25) is 10.0 Å². The number of carbonyl (C=O) groups excluding carboxylic acids is 1. The lowest BCUT2D eigenvalue weighted by atomic mass is 10.0. The number of hydrogen-bond acceptors (Lipinski definition) is 8. The molecule has 1 saturated heterocycles. The Morgan fingerprint density at radius 2 is 1.90 bits per heavy atom. The Morgan fingerprint density at radius 3 is 2.55 bits per heavy atom. The van der Waals surface area contributed by atoms with Crippen LogP contribution in [0.5, 0.6) is 0 Å². The molecule has 1 unspecified atom stereocenters. The number of benzene rings is 2. The molecule has 4 aromatic rings. The summed E-state index contributed by atoms with van der Waals surface area (Å²) in [5.74, 6) is 0.731. The molecule has 3 heterocycles. The van der Waals surface area contributed by atoms with Crippen LogP contribution in [0.25, 0.3) is 21.5 Å². The van der Waals surface area contributed by atoms with Crippen molar-refractivity contribution in [1.29, 1.82) is 0 Å². The van der Waals surface area contributed by atoms with Crippen LogP contribution in [0.15, 0.2) is 34.9 Å². The number of anilines is 1. The summed E-state index contributed by atoms with van der Waals surface area (Å²) < 4.78 is 32.2. The van der Waals surface area contributed by atoms with Gasteiger partial charge < -0.3 is 18.9 Å². The Balaban J connectivity index is 1.14. The van der Waals surface area contributed by atoms with Gasteiger partial charge in [-0.1, -0.05) is 59.6 Å². The predicted octanol–water partition coefficient (Wildman–Crippen LogP) is 7.74. The molecule has 210 valence electrons. The number of thiazole rings is 1. The fourth-order valence-electron chi connectivity index (χ4n) is 5.92. The van der Waals surface area contributed by atoms with Crippen molar-refractivity contribution in [3.05, 3.63) is 63.1 Å². The number of esters is 1. The highest BCUT2D eigenvalue weighted by atomic mass is 35.5. The van der Waals surface area contributed by atoms with E-state index in [0.29, 0.717) is 44.4 Å². The van der Waals surface area contributed by atoms with Crippen molar-refractivity contribution in [3.8, 4) is 11.3 Å². The van der Waals surface area contributed by atoms with Crippen molar-refractivity contribution in [1.82, 2.24) is 10.1 Å². The number of rotatable bonds is 7. The maximum absolute atomic E-state index is 14.7. The highest BCUT2D eigenvalue weighted by molar-refractivity contribution is 7.22. The summed E-state index contributed by atoms with van der Waals surface area (Å²) in [6.45, 7) is 6.14. The number of ether oxygens (including phenoxy) is 2. The van der Waals surface area contributed by atoms with Crippen LogP contribution in [0.1, 0.15) is 54.3 Å². The summed E-state index contributed by atoms with van der Waals surface area (Å²) in [5.41, 5.74) is 2.64. The van der Waals surface area contributed by atoms with E-state index in [1.54, 1.807) is 24.3 Å². The van der Waals surface area contributed by atoms with Crippen LogP contribution in [-0.2, 0) is 16.1 Å². The topological polar surface area (TPSA) is 77.7 Å². The fraction of sp³-hybridized carbons (Fsp3) is 0.414. The summed E-state index contributed by atoms with van der Waals surface area (Å²) in [5, 5.41) is 6.14. The van der Waals surface area contributed by atoms with Crippen molar-refractivity contribution >= 4 is 55.9 Å². The molecule has 0 N–H and O–H groups in total. The second kappa shape index (κ2) is 10.9. The summed E-state index contributed by atoms with van der Waals surface area (Å²) in [6.07, 6.45) is 1.96. The summed E-state index contributed by atoms with van der Waals surface area (Å²) in [7, 11) is 1.28. The number of fused-ring (bicyclic) bond motifs is 2. The SMILES string of the molecule is COC(=O)c1cc(F)c2nc(N3C[C@H]4CC(OCc5c(-c6c(Cl)cccc6Cl)noc5C(C)C)C[C@H]4C3)sc2c1. The molecule has 2 aliphatic rings. The molecule has 7 nitrogen and oxygen atoms in total. The van der Waals surface area contributed by atoms with Gasteiger partial charge in [0.1, 0.15) is 17.0 Å². The number of aromatic nitrogens is 2. The van der Waals surface area contributed by atoms with Gasteiger partial charge in [0.2, 0.25) is 0 Å². The van der Waals surface area contributed by atoms with Gasteiger partial charge in [-0.05, 0) is 48.9 Å². The standard InChI is InChI=1S/C29H28Cl2FN3O4S/c1-14(2)27-19(25(34-39-27)24-20(30)5-4-6-21(24)31)13-38-18-7-16-11-35(12-17(16)8-18)29-33-26-22(32)9-15(28(36)37-3)10-23(26)40-29/h4-6,9-10,14,16-18H,7-8,11-13H2,1-3H3/t16-,17+,18?. The second-order valence-corrected chi connectivity index (χ2v) is 12.6. The summed E-state index contributed by atoms with van der Waals surface area (Å²) >= 11 is 14.4. The van der Waals surface area contributed by atoms with E-state index < -0.39 is 11.8 Å². The average Bonchev–Trinajstić information content (AvgIpc) is 3.68. The molecule has 0 spiro atoms. The normalized spacial score (nSPS) is 20.6. The van der Waals surface area contributed by atoms with Crippen molar-refractivity contribution in [2.45, 2.75) is 45.3 Å². The minimum atomic E-state index is -0.564. The zero-order valence-corrected chi connectivity index (χ0v) is 24.6. The predicted molar refractivity (Wildman–Crippen MR) is 154 cm³/mol. The lowest BCUT2D eigenvalue weighted by molar-refractivity contribution is 0.0401. The molecule has 0 amide bonds. The van der Waals surface area contributed by atoms with E-state index in [1.807, 2.05) is 0 Å². The summed E-state index contributed by atoms with van der Waals surface area (Å²) in [4.78, 5) is 18.7. The molecule has 3 atom stereocenters. The maximum Gasteiger partial charge on any atom is 0.338 e. The van der Waals surface area contributed by atoms with Gasteiger partial charge in [0.25, 0.3) is 0 Å². The minimum absolute atomic E-state index is 0.108. The van der Waals surface area contributed by atoms with Gasteiger partial charge in [0, 0.05) is 30.1 Å². The van der Waals surface area contributed by atoms with E-state index in [0.717, 1.165) is 42.4 Å². The summed E-state index contributed by atoms with van der Waals surface area (Å²) in [6, 6.07) is 8.21. The lowest BCUT2D eigenvalue weighted by Crippen LogP contribution is -2.23. The molecule has 2 aromatic heterocycles. The van der Waals surface area contributed by atoms with E-state index in [2.05, 4.69) is 28.9 Å². The van der Waals surface area contributed by atoms with Crippen molar-refractivity contribution < 1.29 is 23.2 Å². The van der Waals surface area contributed by atoms with E-state index in [-0.39, 0.29) is 23.1 Å². The van der Waals surface area contributed by atoms with Gasteiger partial charge in [-0.25, -0.2) is 14.2 Å². The first-order valence-electron chi connectivity index (χ1n) is 13.2. The molecule has 2 fully saturated rings. The van der Waals surface area contributed by atoms with Gasteiger partial charge in [-0.15, -0.1) is 0 Å². The third kappa shape index (κ3) is 4.98. The van der Waals surface area contributed by atoms with Crippen LogP contribution in [0.4, 0.5) is 9.52 Å². The maximum atomic E-state index is 14.7. The van der Waals surface area contributed by atoms with Gasteiger partial charge in [-0.3, -0.25) is 0 Å². The number of hydrogen-bond donors (Lipinski definition) is 0. The zero-order valence-electron chi connectivity index (χ0n) is 22.2. The molecule has 40 heavy (non-hydrogen) atoms. The second-order valence-electron chi connectivity index (χ2n) is 10.7.